The van der Waals surface area contributed by atoms with Crippen LogP contribution in [-0.4, -0.2) is 67.4 Å². The first-order valence-electron chi connectivity index (χ1n) is 12.0. The van der Waals surface area contributed by atoms with Crippen LogP contribution >= 0.6 is 0 Å². The average Bonchev–Trinajstić information content (AvgIpc) is 3.44. The minimum absolute atomic E-state index is 0.0109. The average molecular weight is 481 g/mol. The Kier molecular flexibility index (Phi) is 7.70. The van der Waals surface area contributed by atoms with Crippen molar-refractivity contribution < 1.29 is 29.0 Å². The fraction of sp³-hybridized carbons (Fsp3) is 0.444. The van der Waals surface area contributed by atoms with E-state index in [1.54, 1.807) is 4.90 Å². The summed E-state index contributed by atoms with van der Waals surface area (Å²) in [5.74, 6) is -2.00. The van der Waals surface area contributed by atoms with Crippen LogP contribution in [0.2, 0.25) is 0 Å². The molecule has 1 fully saturated rings. The Morgan fingerprint density at radius 2 is 1.69 bits per heavy atom. The van der Waals surface area contributed by atoms with Gasteiger partial charge in [0.2, 0.25) is 5.91 Å². The molecule has 8 heteroatoms. The summed E-state index contributed by atoms with van der Waals surface area (Å²) >= 11 is 0. The molecular weight excluding hydrogens is 448 g/mol. The maximum absolute atomic E-state index is 12.7. The van der Waals surface area contributed by atoms with Crippen molar-refractivity contribution in [2.45, 2.75) is 31.8 Å². The van der Waals surface area contributed by atoms with Crippen LogP contribution in [0.25, 0.3) is 11.1 Å². The highest BCUT2D eigenvalue weighted by Gasteiger charge is 2.40. The van der Waals surface area contributed by atoms with E-state index in [0.29, 0.717) is 19.4 Å². The third-order valence-corrected chi connectivity index (χ3v) is 7.05. The van der Waals surface area contributed by atoms with Gasteiger partial charge in [-0.25, -0.2) is 4.79 Å². The number of methoxy groups -OCH3 is 1. The van der Waals surface area contributed by atoms with Gasteiger partial charge in [0.1, 0.15) is 12.5 Å². The van der Waals surface area contributed by atoms with Crippen molar-refractivity contribution in [3.8, 4) is 11.1 Å². The van der Waals surface area contributed by atoms with E-state index in [-0.39, 0.29) is 37.4 Å². The van der Waals surface area contributed by atoms with Crippen LogP contribution in [-0.2, 0) is 19.1 Å². The quantitative estimate of drug-likeness (QED) is 0.533. The molecule has 0 aromatic heterocycles. The zero-order valence-corrected chi connectivity index (χ0v) is 20.1. The summed E-state index contributed by atoms with van der Waals surface area (Å²) in [6, 6.07) is 16.4. The smallest absolute Gasteiger partial charge is 0.407 e. The normalized spacial score (nSPS) is 19.7. The number of aliphatic carboxylic acids is 1. The van der Waals surface area contributed by atoms with Crippen LogP contribution in [0.5, 0.6) is 0 Å². The Morgan fingerprint density at radius 3 is 2.26 bits per heavy atom. The minimum atomic E-state index is -0.952. The number of nitrogens with zero attached hydrogens (tertiary/aromatic N) is 1. The van der Waals surface area contributed by atoms with Gasteiger partial charge >= 0.3 is 12.1 Å². The number of hydrogen-bond donors (Lipinski definition) is 2. The van der Waals surface area contributed by atoms with Gasteiger partial charge < -0.3 is 24.8 Å². The summed E-state index contributed by atoms with van der Waals surface area (Å²) in [6.07, 6.45) is 0.228. The lowest BCUT2D eigenvalue weighted by atomic mass is 9.98. The number of ether oxygens (including phenoxy) is 2. The molecule has 35 heavy (non-hydrogen) atoms. The van der Waals surface area contributed by atoms with Crippen molar-refractivity contribution in [3.05, 3.63) is 59.7 Å². The summed E-state index contributed by atoms with van der Waals surface area (Å²) in [5, 5.41) is 12.1. The van der Waals surface area contributed by atoms with E-state index in [1.165, 1.54) is 18.2 Å². The van der Waals surface area contributed by atoms with E-state index in [1.807, 2.05) is 31.2 Å². The number of amides is 2. The van der Waals surface area contributed by atoms with Gasteiger partial charge in [-0.3, -0.25) is 9.59 Å². The van der Waals surface area contributed by atoms with Gasteiger partial charge in [0.15, 0.2) is 0 Å². The molecule has 2 aliphatic rings. The van der Waals surface area contributed by atoms with Crippen LogP contribution < -0.4 is 5.32 Å². The molecule has 186 valence electrons. The van der Waals surface area contributed by atoms with Crippen molar-refractivity contribution in [1.29, 1.82) is 0 Å². The highest BCUT2D eigenvalue weighted by molar-refractivity contribution is 5.81. The van der Waals surface area contributed by atoms with E-state index >= 15 is 0 Å². The van der Waals surface area contributed by atoms with E-state index in [2.05, 4.69) is 29.6 Å². The molecule has 8 nitrogen and oxygen atoms in total. The molecule has 3 atom stereocenters. The number of alkyl carbamates (subject to hydrolysis) is 1. The number of fused-ring (bicyclic) bond motifs is 3. The standard InChI is InChI=1S/C27H32N2O6/c1-17(25(30)29-14-22(26(31)32)24(15-29)34-2)8-7-13-28-27(33)35-16-23-20-11-5-3-9-18(20)19-10-4-6-12-21(19)23/h3-6,9-12,17,22-24H,7-8,13-16H2,1-2H3,(H,28,33)(H,31,32). The van der Waals surface area contributed by atoms with Crippen LogP contribution in [0.15, 0.2) is 48.5 Å². The molecule has 0 radical (unpaired) electrons. The van der Waals surface area contributed by atoms with Gasteiger partial charge in [-0.1, -0.05) is 55.5 Å². The molecule has 0 bridgehead atoms. The van der Waals surface area contributed by atoms with Gasteiger partial charge in [0.25, 0.3) is 0 Å². The molecule has 2 aromatic rings. The number of carbonyl (C=O) groups is 3. The Hall–Kier alpha value is -3.39. The SMILES string of the molecule is COC1CN(C(=O)C(C)CCCNC(=O)OCC2c3ccccc3-c3ccccc32)CC1C(=O)O. The maximum atomic E-state index is 12.7. The lowest BCUT2D eigenvalue weighted by Gasteiger charge is -2.20. The summed E-state index contributed by atoms with van der Waals surface area (Å²) in [6.45, 7) is 2.93. The highest BCUT2D eigenvalue weighted by Crippen LogP contribution is 2.44. The van der Waals surface area contributed by atoms with Crippen molar-refractivity contribution in [3.63, 3.8) is 0 Å². The van der Waals surface area contributed by atoms with Crippen molar-refractivity contribution in [1.82, 2.24) is 10.2 Å². The zero-order valence-electron chi connectivity index (χ0n) is 20.1. The maximum Gasteiger partial charge on any atom is 0.407 e. The largest absolute Gasteiger partial charge is 0.481 e. The predicted molar refractivity (Wildman–Crippen MR) is 130 cm³/mol. The first-order chi connectivity index (χ1) is 16.9. The Morgan fingerprint density at radius 1 is 1.06 bits per heavy atom. The monoisotopic (exact) mass is 480 g/mol. The van der Waals surface area contributed by atoms with Crippen LogP contribution in [0.4, 0.5) is 4.79 Å². The Balaban J connectivity index is 1.20. The number of hydrogen-bond acceptors (Lipinski definition) is 5. The molecule has 2 N–H and O–H groups in total. The second-order valence-electron chi connectivity index (χ2n) is 9.26. The molecule has 4 rings (SSSR count). The second-order valence-corrected chi connectivity index (χ2v) is 9.26. The molecule has 0 spiro atoms. The number of rotatable bonds is 9. The molecular formula is C27H32N2O6. The molecule has 1 heterocycles. The van der Waals surface area contributed by atoms with Crippen molar-refractivity contribution in [2.24, 2.45) is 11.8 Å². The molecule has 2 aromatic carbocycles. The number of carboxylic acid groups (broad SMARTS) is 1. The van der Waals surface area contributed by atoms with Crippen LogP contribution in [0, 0.1) is 11.8 Å². The van der Waals surface area contributed by atoms with Gasteiger partial charge in [-0.2, -0.15) is 0 Å². The van der Waals surface area contributed by atoms with Gasteiger partial charge in [0, 0.05) is 38.6 Å². The fourth-order valence-corrected chi connectivity index (χ4v) is 5.11. The molecule has 3 unspecified atom stereocenters. The lowest BCUT2D eigenvalue weighted by Crippen LogP contribution is -2.35. The first-order valence-corrected chi connectivity index (χ1v) is 12.0. The van der Waals surface area contributed by atoms with Crippen LogP contribution in [0.3, 0.4) is 0 Å². The summed E-state index contributed by atoms with van der Waals surface area (Å²) < 4.78 is 10.8. The predicted octanol–water partition coefficient (Wildman–Crippen LogP) is 3.50. The third kappa shape index (κ3) is 5.32. The van der Waals surface area contributed by atoms with Crippen molar-refractivity contribution in [2.75, 3.05) is 33.4 Å². The van der Waals surface area contributed by atoms with Gasteiger partial charge in [-0.05, 0) is 35.1 Å². The molecule has 1 aliphatic carbocycles. The summed E-state index contributed by atoms with van der Waals surface area (Å²) in [5.41, 5.74) is 4.69. The van der Waals surface area contributed by atoms with E-state index in [0.717, 1.165) is 11.1 Å². The molecule has 1 saturated heterocycles. The first kappa shape index (κ1) is 24.7. The Labute approximate surface area is 205 Å². The number of likely N-dealkylation sites (tertiary alicyclic amines) is 1. The minimum Gasteiger partial charge on any atom is -0.481 e. The summed E-state index contributed by atoms with van der Waals surface area (Å²) in [4.78, 5) is 38.0. The molecule has 0 saturated carbocycles. The second kappa shape index (κ2) is 10.9. The molecule has 1 aliphatic heterocycles. The third-order valence-electron chi connectivity index (χ3n) is 7.05. The number of benzene rings is 2. The van der Waals surface area contributed by atoms with Gasteiger partial charge in [0.05, 0.1) is 6.10 Å². The number of carboxylic acids is 1. The van der Waals surface area contributed by atoms with E-state index in [4.69, 9.17) is 9.47 Å². The number of carbonyl (C=O) groups excluding carboxylic acids is 2. The van der Waals surface area contributed by atoms with Crippen molar-refractivity contribution >= 4 is 18.0 Å². The molecule has 2 amide bonds. The lowest BCUT2D eigenvalue weighted by molar-refractivity contribution is -0.144. The van der Waals surface area contributed by atoms with E-state index in [9.17, 15) is 19.5 Å². The topological polar surface area (TPSA) is 105 Å². The van der Waals surface area contributed by atoms with Crippen LogP contribution in [0.1, 0.15) is 36.8 Å². The summed E-state index contributed by atoms with van der Waals surface area (Å²) in [7, 11) is 1.47. The fourth-order valence-electron chi connectivity index (χ4n) is 5.11. The Bertz CT molecular complexity index is 1040. The zero-order chi connectivity index (χ0) is 24.9. The highest BCUT2D eigenvalue weighted by atomic mass is 16.5. The van der Waals surface area contributed by atoms with E-state index < -0.39 is 24.1 Å². The van der Waals surface area contributed by atoms with Gasteiger partial charge in [-0.15, -0.1) is 0 Å². The number of nitrogens with one attached hydrogen (secondary N) is 1.